The van der Waals surface area contributed by atoms with Gasteiger partial charge in [0.05, 0.1) is 6.04 Å². The van der Waals surface area contributed by atoms with Gasteiger partial charge in [-0.25, -0.2) is 9.67 Å². The van der Waals surface area contributed by atoms with Crippen LogP contribution in [0.2, 0.25) is 5.02 Å². The average molecular weight is 324 g/mol. The Balaban J connectivity index is 2.20. The minimum atomic E-state index is -1.12. The normalized spacial score (nSPS) is 16.1. The second-order valence-electron chi connectivity index (χ2n) is 6.47. The van der Waals surface area contributed by atoms with Crippen molar-refractivity contribution < 1.29 is 9.84 Å². The number of ether oxygens (including phenoxy) is 1. The summed E-state index contributed by atoms with van der Waals surface area (Å²) in [5.74, 6) is 0.665. The molecule has 0 amide bonds. The van der Waals surface area contributed by atoms with Crippen molar-refractivity contribution >= 4 is 11.6 Å². The molecule has 0 radical (unpaired) electrons. The Bertz CT molecular complexity index is 593. The molecule has 0 spiro atoms. The molecule has 0 bridgehead atoms. The van der Waals surface area contributed by atoms with Crippen molar-refractivity contribution in [1.29, 1.82) is 0 Å². The third-order valence-corrected chi connectivity index (χ3v) is 4.35. The zero-order chi connectivity index (χ0) is 16.4. The van der Waals surface area contributed by atoms with Gasteiger partial charge in [0.15, 0.2) is 0 Å². The molecule has 0 saturated carbocycles. The van der Waals surface area contributed by atoms with E-state index < -0.39 is 11.0 Å². The zero-order valence-electron chi connectivity index (χ0n) is 13.3. The number of aliphatic hydroxyl groups is 1. The molecule has 2 aromatic rings. The molecule has 0 fully saturated rings. The highest BCUT2D eigenvalue weighted by Gasteiger charge is 2.47. The van der Waals surface area contributed by atoms with Gasteiger partial charge in [0.25, 0.3) is 0 Å². The number of nitrogens with zero attached hydrogens (tertiary/aromatic N) is 3. The molecule has 0 aliphatic carbocycles. The van der Waals surface area contributed by atoms with Crippen LogP contribution in [0.5, 0.6) is 5.75 Å². The SMILES string of the molecule is CC(n1cncn1)C(O)(COc1ccc(Cl)cc1)C(C)(C)C. The molecule has 0 saturated heterocycles. The van der Waals surface area contributed by atoms with Crippen LogP contribution >= 0.6 is 11.6 Å². The van der Waals surface area contributed by atoms with E-state index in [1.165, 1.54) is 6.33 Å². The number of halogens is 1. The maximum atomic E-state index is 11.3. The molecule has 1 aromatic heterocycles. The summed E-state index contributed by atoms with van der Waals surface area (Å²) in [6.45, 7) is 7.98. The first-order valence-electron chi connectivity index (χ1n) is 7.19. The van der Waals surface area contributed by atoms with Crippen molar-refractivity contribution in [2.24, 2.45) is 5.41 Å². The maximum Gasteiger partial charge on any atom is 0.137 e. The standard InChI is InChI=1S/C16H22ClN3O2/c1-12(20-11-18-10-19-20)16(21,15(2,3)4)9-22-14-7-5-13(17)6-8-14/h5-8,10-12,21H,9H2,1-4H3. The highest BCUT2D eigenvalue weighted by atomic mass is 35.5. The van der Waals surface area contributed by atoms with Crippen LogP contribution in [0.25, 0.3) is 0 Å². The topological polar surface area (TPSA) is 60.2 Å². The van der Waals surface area contributed by atoms with Crippen LogP contribution in [0.15, 0.2) is 36.9 Å². The largest absolute Gasteiger partial charge is 0.490 e. The van der Waals surface area contributed by atoms with E-state index in [2.05, 4.69) is 10.1 Å². The van der Waals surface area contributed by atoms with Gasteiger partial charge in [0.1, 0.15) is 30.6 Å². The lowest BCUT2D eigenvalue weighted by molar-refractivity contribution is -0.122. The summed E-state index contributed by atoms with van der Waals surface area (Å²) in [5.41, 5.74) is -1.54. The van der Waals surface area contributed by atoms with E-state index in [0.717, 1.165) is 0 Å². The summed E-state index contributed by atoms with van der Waals surface area (Å²) in [6.07, 6.45) is 3.06. The smallest absolute Gasteiger partial charge is 0.137 e. The van der Waals surface area contributed by atoms with Crippen molar-refractivity contribution in [3.05, 3.63) is 41.9 Å². The molecule has 1 aromatic carbocycles. The Morgan fingerprint density at radius 2 is 1.91 bits per heavy atom. The lowest BCUT2D eigenvalue weighted by atomic mass is 9.72. The van der Waals surface area contributed by atoms with Gasteiger partial charge in [-0.1, -0.05) is 32.4 Å². The Kier molecular flexibility index (Phi) is 4.78. The van der Waals surface area contributed by atoms with Crippen LogP contribution in [0.1, 0.15) is 33.7 Å². The molecule has 1 N–H and O–H groups in total. The Morgan fingerprint density at radius 1 is 1.27 bits per heavy atom. The van der Waals surface area contributed by atoms with Crippen molar-refractivity contribution in [3.63, 3.8) is 0 Å². The van der Waals surface area contributed by atoms with Gasteiger partial charge < -0.3 is 9.84 Å². The van der Waals surface area contributed by atoms with Crippen LogP contribution < -0.4 is 4.74 Å². The lowest BCUT2D eigenvalue weighted by Crippen LogP contribution is -2.53. The third-order valence-electron chi connectivity index (χ3n) is 4.10. The molecule has 0 aliphatic rings. The molecule has 0 aliphatic heterocycles. The number of hydrogen-bond donors (Lipinski definition) is 1. The molecule has 22 heavy (non-hydrogen) atoms. The molecule has 5 nitrogen and oxygen atoms in total. The monoisotopic (exact) mass is 323 g/mol. The quantitative estimate of drug-likeness (QED) is 0.916. The predicted octanol–water partition coefficient (Wildman–Crippen LogP) is 3.35. The van der Waals surface area contributed by atoms with Crippen molar-refractivity contribution in [2.75, 3.05) is 6.61 Å². The van der Waals surface area contributed by atoms with E-state index >= 15 is 0 Å². The van der Waals surface area contributed by atoms with Crippen LogP contribution in [0, 0.1) is 5.41 Å². The number of hydrogen-bond acceptors (Lipinski definition) is 4. The Hall–Kier alpha value is -1.59. The van der Waals surface area contributed by atoms with Gasteiger partial charge in [-0.3, -0.25) is 0 Å². The van der Waals surface area contributed by atoms with Crippen molar-refractivity contribution in [1.82, 2.24) is 14.8 Å². The number of aromatic nitrogens is 3. The van der Waals surface area contributed by atoms with Crippen molar-refractivity contribution in [3.8, 4) is 5.75 Å². The highest BCUT2D eigenvalue weighted by molar-refractivity contribution is 6.30. The summed E-state index contributed by atoms with van der Waals surface area (Å²) < 4.78 is 7.45. The van der Waals surface area contributed by atoms with E-state index in [9.17, 15) is 5.11 Å². The summed E-state index contributed by atoms with van der Waals surface area (Å²) in [5, 5.41) is 16.0. The summed E-state index contributed by atoms with van der Waals surface area (Å²) in [4.78, 5) is 3.95. The highest BCUT2D eigenvalue weighted by Crippen LogP contribution is 2.39. The first-order valence-corrected chi connectivity index (χ1v) is 7.57. The molecular formula is C16H22ClN3O2. The molecule has 1 heterocycles. The van der Waals surface area contributed by atoms with Gasteiger partial charge in [0.2, 0.25) is 0 Å². The van der Waals surface area contributed by atoms with E-state index in [1.807, 2.05) is 27.7 Å². The van der Waals surface area contributed by atoms with E-state index in [-0.39, 0.29) is 12.6 Å². The van der Waals surface area contributed by atoms with E-state index in [0.29, 0.717) is 10.8 Å². The van der Waals surface area contributed by atoms with E-state index in [4.69, 9.17) is 16.3 Å². The first-order chi connectivity index (χ1) is 10.2. The van der Waals surface area contributed by atoms with Crippen LogP contribution in [0.3, 0.4) is 0 Å². The van der Waals surface area contributed by atoms with Gasteiger partial charge in [0, 0.05) is 5.02 Å². The second-order valence-corrected chi connectivity index (χ2v) is 6.90. The van der Waals surface area contributed by atoms with Gasteiger partial charge in [-0.2, -0.15) is 5.10 Å². The molecule has 2 unspecified atom stereocenters. The first kappa shape index (κ1) is 16.8. The summed E-state index contributed by atoms with van der Waals surface area (Å²) >= 11 is 5.87. The fourth-order valence-corrected chi connectivity index (χ4v) is 2.45. The Labute approximate surface area is 135 Å². The summed E-state index contributed by atoms with van der Waals surface area (Å²) in [6, 6.07) is 6.79. The van der Waals surface area contributed by atoms with Gasteiger partial charge >= 0.3 is 0 Å². The lowest BCUT2D eigenvalue weighted by Gasteiger charge is -2.43. The van der Waals surface area contributed by atoms with Crippen LogP contribution in [0.4, 0.5) is 0 Å². The molecule has 120 valence electrons. The summed E-state index contributed by atoms with van der Waals surface area (Å²) in [7, 11) is 0. The Morgan fingerprint density at radius 3 is 2.41 bits per heavy atom. The molecular weight excluding hydrogens is 302 g/mol. The van der Waals surface area contributed by atoms with Crippen LogP contribution in [-0.2, 0) is 0 Å². The molecule has 2 atom stereocenters. The van der Waals surface area contributed by atoms with E-state index in [1.54, 1.807) is 35.3 Å². The molecule has 2 rings (SSSR count). The number of benzene rings is 1. The second kappa shape index (κ2) is 6.26. The van der Waals surface area contributed by atoms with Crippen LogP contribution in [-0.4, -0.2) is 32.1 Å². The fraction of sp³-hybridized carbons (Fsp3) is 0.500. The number of rotatable bonds is 5. The minimum Gasteiger partial charge on any atom is -0.490 e. The van der Waals surface area contributed by atoms with Gasteiger partial charge in [-0.15, -0.1) is 0 Å². The van der Waals surface area contributed by atoms with Crippen molar-refractivity contribution in [2.45, 2.75) is 39.3 Å². The molecule has 6 heteroatoms. The maximum absolute atomic E-state index is 11.3. The predicted molar refractivity (Wildman–Crippen MR) is 86.1 cm³/mol. The fourth-order valence-electron chi connectivity index (χ4n) is 2.32. The average Bonchev–Trinajstić information content (AvgIpc) is 2.98. The minimum absolute atomic E-state index is 0.138. The third kappa shape index (κ3) is 3.42. The van der Waals surface area contributed by atoms with Gasteiger partial charge in [-0.05, 0) is 36.6 Å². The zero-order valence-corrected chi connectivity index (χ0v) is 14.1.